The van der Waals surface area contributed by atoms with Crippen LogP contribution in [-0.2, 0) is 18.3 Å². The summed E-state index contributed by atoms with van der Waals surface area (Å²) in [5.41, 5.74) is 9.12. The fourth-order valence-electron chi connectivity index (χ4n) is 4.70. The predicted molar refractivity (Wildman–Crippen MR) is 110 cm³/mol. The van der Waals surface area contributed by atoms with Crippen LogP contribution >= 0.6 is 0 Å². The molecule has 0 bridgehead atoms. The van der Waals surface area contributed by atoms with E-state index >= 15 is 0 Å². The lowest BCUT2D eigenvalue weighted by molar-refractivity contribution is 0.0936. The van der Waals surface area contributed by atoms with Crippen LogP contribution in [0.4, 0.5) is 0 Å². The number of aromatic nitrogens is 2. The highest BCUT2D eigenvalue weighted by Gasteiger charge is 2.51. The molecule has 1 amide bonds. The van der Waals surface area contributed by atoms with E-state index in [1.807, 2.05) is 24.4 Å². The highest BCUT2D eigenvalue weighted by Crippen LogP contribution is 2.52. The van der Waals surface area contributed by atoms with Crippen molar-refractivity contribution in [1.82, 2.24) is 15.3 Å². The van der Waals surface area contributed by atoms with Gasteiger partial charge in [0.05, 0.1) is 17.0 Å². The number of aromatic amines is 1. The summed E-state index contributed by atoms with van der Waals surface area (Å²) >= 11 is 0. The quantitative estimate of drug-likeness (QED) is 0.716. The van der Waals surface area contributed by atoms with E-state index in [2.05, 4.69) is 45.6 Å². The van der Waals surface area contributed by atoms with Crippen LogP contribution in [0.15, 0.2) is 42.6 Å². The number of benzene rings is 1. The van der Waals surface area contributed by atoms with Gasteiger partial charge in [0, 0.05) is 29.4 Å². The molecule has 3 aromatic rings. The number of carbonyl (C=O) groups excluding carboxylic acids is 1. The number of hydrogen-bond donors (Lipinski definition) is 2. The maximum absolute atomic E-state index is 12.6. The topological polar surface area (TPSA) is 57.8 Å². The molecule has 1 saturated carbocycles. The van der Waals surface area contributed by atoms with Crippen molar-refractivity contribution < 1.29 is 4.79 Å². The van der Waals surface area contributed by atoms with Gasteiger partial charge in [-0.2, -0.15) is 0 Å². The van der Waals surface area contributed by atoms with Gasteiger partial charge in [-0.05, 0) is 54.5 Å². The van der Waals surface area contributed by atoms with E-state index in [9.17, 15) is 4.79 Å². The van der Waals surface area contributed by atoms with Crippen molar-refractivity contribution in [3.8, 4) is 11.3 Å². The van der Waals surface area contributed by atoms with Crippen LogP contribution in [0.25, 0.3) is 23.4 Å². The van der Waals surface area contributed by atoms with Crippen LogP contribution in [0.3, 0.4) is 0 Å². The summed E-state index contributed by atoms with van der Waals surface area (Å²) < 4.78 is 0. The summed E-state index contributed by atoms with van der Waals surface area (Å²) in [5, 5.41) is 3.12. The van der Waals surface area contributed by atoms with Gasteiger partial charge in [0.2, 0.25) is 0 Å². The molecule has 3 heterocycles. The first-order chi connectivity index (χ1) is 13.7. The molecule has 1 fully saturated rings. The van der Waals surface area contributed by atoms with Gasteiger partial charge in [0.15, 0.2) is 0 Å². The van der Waals surface area contributed by atoms with Gasteiger partial charge < -0.3 is 10.3 Å². The average molecular weight is 367 g/mol. The van der Waals surface area contributed by atoms with E-state index < -0.39 is 0 Å². The molecule has 4 nitrogen and oxygen atoms in total. The van der Waals surface area contributed by atoms with Gasteiger partial charge in [-0.1, -0.05) is 36.4 Å². The highest BCUT2D eigenvalue weighted by atomic mass is 16.1. The lowest BCUT2D eigenvalue weighted by atomic mass is 9.86. The van der Waals surface area contributed by atoms with Crippen molar-refractivity contribution in [2.45, 2.75) is 31.1 Å². The molecule has 28 heavy (non-hydrogen) atoms. The Bertz CT molecular complexity index is 1140. The van der Waals surface area contributed by atoms with Gasteiger partial charge in [-0.3, -0.25) is 9.78 Å². The number of fused-ring (bicyclic) bond motifs is 6. The normalized spacial score (nSPS) is 18.5. The molecule has 1 spiro atoms. The molecule has 2 aliphatic carbocycles. The number of hydrogen-bond acceptors (Lipinski definition) is 2. The molecule has 0 atom stereocenters. The van der Waals surface area contributed by atoms with Crippen molar-refractivity contribution in [3.05, 3.63) is 76.2 Å². The van der Waals surface area contributed by atoms with Gasteiger partial charge in [0.1, 0.15) is 0 Å². The van der Waals surface area contributed by atoms with Gasteiger partial charge in [0.25, 0.3) is 5.91 Å². The third-order valence-corrected chi connectivity index (χ3v) is 6.47. The fourth-order valence-corrected chi connectivity index (χ4v) is 4.70. The molecule has 4 heteroatoms. The minimum atomic E-state index is 0.0896. The van der Waals surface area contributed by atoms with Crippen molar-refractivity contribution in [2.75, 3.05) is 6.54 Å². The second-order valence-corrected chi connectivity index (χ2v) is 8.20. The Morgan fingerprint density at radius 3 is 2.75 bits per heavy atom. The van der Waals surface area contributed by atoms with E-state index in [0.29, 0.717) is 0 Å². The van der Waals surface area contributed by atoms with E-state index in [4.69, 9.17) is 0 Å². The molecular weight excluding hydrogens is 346 g/mol. The highest BCUT2D eigenvalue weighted by molar-refractivity contribution is 6.01. The Balaban J connectivity index is 1.44. The van der Waals surface area contributed by atoms with Crippen molar-refractivity contribution >= 4 is 18.1 Å². The molecule has 2 aromatic heterocycles. The summed E-state index contributed by atoms with van der Waals surface area (Å²) in [6.07, 6.45) is 10.3. The zero-order valence-electron chi connectivity index (χ0n) is 15.6. The van der Waals surface area contributed by atoms with Gasteiger partial charge >= 0.3 is 0 Å². The fraction of sp³-hybridized carbons (Fsp3) is 0.250. The second-order valence-electron chi connectivity index (χ2n) is 8.20. The zero-order valence-corrected chi connectivity index (χ0v) is 15.6. The van der Waals surface area contributed by atoms with Crippen LogP contribution in [0.2, 0.25) is 0 Å². The van der Waals surface area contributed by atoms with Crippen molar-refractivity contribution in [2.24, 2.45) is 0 Å². The lowest BCUT2D eigenvalue weighted by Crippen LogP contribution is -2.39. The number of aryl methyl sites for hydroxylation is 1. The molecule has 0 unspecified atom stereocenters. The molecule has 1 aliphatic heterocycles. The SMILES string of the molecule is O=C1NCC2(CC2)c2[nH]c3c(c21)CCc1cnc(C=Cc2ccccc2)cc1-3. The third-order valence-electron chi connectivity index (χ3n) is 6.47. The number of rotatable bonds is 2. The van der Waals surface area contributed by atoms with Crippen LogP contribution in [0.1, 0.15) is 51.3 Å². The van der Waals surface area contributed by atoms with Crippen LogP contribution in [-0.4, -0.2) is 22.4 Å². The Hall–Kier alpha value is -3.14. The van der Waals surface area contributed by atoms with Crippen LogP contribution in [0.5, 0.6) is 0 Å². The summed E-state index contributed by atoms with van der Waals surface area (Å²) in [4.78, 5) is 20.9. The Kier molecular flexibility index (Phi) is 3.22. The summed E-state index contributed by atoms with van der Waals surface area (Å²) in [6, 6.07) is 12.4. The zero-order chi connectivity index (χ0) is 18.7. The Labute approximate surface area is 163 Å². The van der Waals surface area contributed by atoms with Crippen LogP contribution < -0.4 is 5.32 Å². The number of carbonyl (C=O) groups is 1. The second kappa shape index (κ2) is 5.68. The minimum absolute atomic E-state index is 0.0896. The summed E-state index contributed by atoms with van der Waals surface area (Å²) in [6.45, 7) is 0.770. The number of pyridine rings is 1. The number of nitrogens with zero attached hydrogens (tertiary/aromatic N) is 1. The van der Waals surface area contributed by atoms with Crippen LogP contribution in [0, 0.1) is 0 Å². The molecule has 2 N–H and O–H groups in total. The number of nitrogens with one attached hydrogen (secondary N) is 2. The number of amides is 1. The van der Waals surface area contributed by atoms with E-state index in [1.54, 1.807) is 0 Å². The third kappa shape index (κ3) is 2.30. The standard InChI is InChI=1S/C24H21N3O/c28-23-20-18-9-7-16-13-25-17(8-6-15-4-2-1-3-5-15)12-19(16)21(18)27-22(20)24(10-11-24)14-26-23/h1-6,8,12-13,27H,7,9-11,14H2,(H,26,28). The van der Waals surface area contributed by atoms with Gasteiger partial charge in [-0.15, -0.1) is 0 Å². The molecule has 1 aromatic carbocycles. The molecular formula is C24H21N3O. The first kappa shape index (κ1) is 15.9. The Morgan fingerprint density at radius 1 is 1.07 bits per heavy atom. The largest absolute Gasteiger partial charge is 0.357 e. The average Bonchev–Trinajstić information content (AvgIpc) is 3.40. The van der Waals surface area contributed by atoms with Crippen molar-refractivity contribution in [3.63, 3.8) is 0 Å². The number of H-pyrrole nitrogens is 1. The molecule has 0 radical (unpaired) electrons. The van der Waals surface area contributed by atoms with E-state index in [0.717, 1.165) is 54.7 Å². The Morgan fingerprint density at radius 2 is 1.93 bits per heavy atom. The first-order valence-electron chi connectivity index (χ1n) is 9.99. The summed E-state index contributed by atoms with van der Waals surface area (Å²) in [7, 11) is 0. The maximum atomic E-state index is 12.6. The monoisotopic (exact) mass is 367 g/mol. The summed E-state index contributed by atoms with van der Waals surface area (Å²) in [5.74, 6) is 0.0896. The van der Waals surface area contributed by atoms with Gasteiger partial charge in [-0.25, -0.2) is 0 Å². The van der Waals surface area contributed by atoms with E-state index in [1.165, 1.54) is 22.4 Å². The first-order valence-corrected chi connectivity index (χ1v) is 9.99. The van der Waals surface area contributed by atoms with Crippen molar-refractivity contribution in [1.29, 1.82) is 0 Å². The lowest BCUT2D eigenvalue weighted by Gasteiger charge is -2.23. The smallest absolute Gasteiger partial charge is 0.253 e. The maximum Gasteiger partial charge on any atom is 0.253 e. The van der Waals surface area contributed by atoms with E-state index in [-0.39, 0.29) is 11.3 Å². The molecule has 138 valence electrons. The molecule has 3 aliphatic rings. The predicted octanol–water partition coefficient (Wildman–Crippen LogP) is 4.12. The molecule has 6 rings (SSSR count). The minimum Gasteiger partial charge on any atom is -0.357 e. The molecule has 0 saturated heterocycles.